The largest absolute Gasteiger partial charge is 0.480 e. The van der Waals surface area contributed by atoms with Crippen LogP contribution in [0.5, 0.6) is 0 Å². The molecule has 1 atom stereocenters. The van der Waals surface area contributed by atoms with Gasteiger partial charge in [0.2, 0.25) is 0 Å². The highest BCUT2D eigenvalue weighted by Gasteiger charge is 2.30. The highest BCUT2D eigenvalue weighted by molar-refractivity contribution is 5.73. The van der Waals surface area contributed by atoms with E-state index in [1.54, 1.807) is 0 Å². The van der Waals surface area contributed by atoms with Crippen LogP contribution in [0.3, 0.4) is 0 Å². The Labute approximate surface area is 163 Å². The molecule has 0 bridgehead atoms. The molecule has 0 unspecified atom stereocenters. The number of aliphatic carboxylic acids is 1. The molecule has 0 heterocycles. The fourth-order valence-electron chi connectivity index (χ4n) is 4.40. The molecular weight excluding hydrogens is 344 g/mol. The Hall–Kier alpha value is -1.30. The van der Waals surface area contributed by atoms with Crippen molar-refractivity contribution in [3.8, 4) is 0 Å². The maximum Gasteiger partial charge on any atom is 0.407 e. The minimum Gasteiger partial charge on any atom is -0.480 e. The summed E-state index contributed by atoms with van der Waals surface area (Å²) in [5.74, 6) is 0.610. The molecule has 2 aliphatic rings. The monoisotopic (exact) mass is 382 g/mol. The van der Waals surface area contributed by atoms with Crippen LogP contribution in [0.2, 0.25) is 0 Å². The van der Waals surface area contributed by atoms with Crippen molar-refractivity contribution in [1.82, 2.24) is 10.6 Å². The van der Waals surface area contributed by atoms with Gasteiger partial charge in [-0.25, -0.2) is 4.79 Å². The van der Waals surface area contributed by atoms with Crippen LogP contribution in [0.1, 0.15) is 78.6 Å². The standard InChI is InChI=1S/C21H38N2O4/c1-21(2,3)27-20(26)23-14-16-11-9-15(10-12-16)13-22-18(19(24)25)17-7-5-4-6-8-17/h15-18,22H,4-14H2,1-3H3,(H,23,26)(H,24,25)/t15?,16?,18-/m0/s1. The van der Waals surface area contributed by atoms with Crippen LogP contribution < -0.4 is 10.6 Å². The van der Waals surface area contributed by atoms with Gasteiger partial charge in [0.25, 0.3) is 0 Å². The average Bonchev–Trinajstić information content (AvgIpc) is 2.60. The molecule has 0 aromatic carbocycles. The summed E-state index contributed by atoms with van der Waals surface area (Å²) in [5, 5.41) is 15.8. The number of carbonyl (C=O) groups is 2. The molecule has 156 valence electrons. The zero-order chi connectivity index (χ0) is 19.9. The van der Waals surface area contributed by atoms with E-state index in [1.165, 1.54) is 6.42 Å². The van der Waals surface area contributed by atoms with Gasteiger partial charge in [0, 0.05) is 6.54 Å². The molecule has 0 aromatic heterocycles. The molecule has 1 amide bonds. The Bertz CT molecular complexity index is 475. The lowest BCUT2D eigenvalue weighted by Crippen LogP contribution is -2.46. The van der Waals surface area contributed by atoms with Crippen LogP contribution in [-0.2, 0) is 9.53 Å². The van der Waals surface area contributed by atoms with Gasteiger partial charge in [-0.15, -0.1) is 0 Å². The number of rotatable bonds is 7. The summed E-state index contributed by atoms with van der Waals surface area (Å²) >= 11 is 0. The van der Waals surface area contributed by atoms with E-state index in [2.05, 4.69) is 10.6 Å². The van der Waals surface area contributed by atoms with E-state index >= 15 is 0 Å². The van der Waals surface area contributed by atoms with E-state index in [4.69, 9.17) is 4.74 Å². The predicted octanol–water partition coefficient (Wildman–Crippen LogP) is 3.94. The topological polar surface area (TPSA) is 87.7 Å². The zero-order valence-corrected chi connectivity index (χ0v) is 17.3. The van der Waals surface area contributed by atoms with E-state index in [-0.39, 0.29) is 12.0 Å². The van der Waals surface area contributed by atoms with Gasteiger partial charge in [0.1, 0.15) is 11.6 Å². The average molecular weight is 383 g/mol. The summed E-state index contributed by atoms with van der Waals surface area (Å²) in [6.07, 6.45) is 9.60. The van der Waals surface area contributed by atoms with Crippen LogP contribution >= 0.6 is 0 Å². The first-order chi connectivity index (χ1) is 12.7. The summed E-state index contributed by atoms with van der Waals surface area (Å²) in [4.78, 5) is 23.4. The number of nitrogens with one attached hydrogen (secondary N) is 2. The van der Waals surface area contributed by atoms with E-state index in [1.807, 2.05) is 20.8 Å². The van der Waals surface area contributed by atoms with Gasteiger partial charge in [-0.2, -0.15) is 0 Å². The molecule has 0 aromatic rings. The van der Waals surface area contributed by atoms with E-state index in [0.717, 1.165) is 57.9 Å². The van der Waals surface area contributed by atoms with Gasteiger partial charge >= 0.3 is 12.1 Å². The Morgan fingerprint density at radius 1 is 0.963 bits per heavy atom. The van der Waals surface area contributed by atoms with E-state index < -0.39 is 17.6 Å². The van der Waals surface area contributed by atoms with Gasteiger partial charge in [0.05, 0.1) is 0 Å². The molecular formula is C21H38N2O4. The quantitative estimate of drug-likeness (QED) is 0.621. The third-order valence-electron chi connectivity index (χ3n) is 5.91. The van der Waals surface area contributed by atoms with Crippen LogP contribution in [0.25, 0.3) is 0 Å². The third kappa shape index (κ3) is 8.08. The van der Waals surface area contributed by atoms with Crippen LogP contribution in [-0.4, -0.2) is 41.9 Å². The Balaban J connectivity index is 1.66. The summed E-state index contributed by atoms with van der Waals surface area (Å²) in [6, 6.07) is -0.392. The number of hydrogen-bond acceptors (Lipinski definition) is 4. The second-order valence-corrected chi connectivity index (χ2v) is 9.39. The summed E-state index contributed by atoms with van der Waals surface area (Å²) < 4.78 is 5.28. The van der Waals surface area contributed by atoms with Gasteiger partial charge in [-0.05, 0) is 83.6 Å². The van der Waals surface area contributed by atoms with Crippen LogP contribution in [0.15, 0.2) is 0 Å². The van der Waals surface area contributed by atoms with Crippen LogP contribution in [0.4, 0.5) is 4.79 Å². The SMILES string of the molecule is CC(C)(C)OC(=O)NCC1CCC(CN[C@H](C(=O)O)C2CCCCC2)CC1. The molecule has 6 heteroatoms. The highest BCUT2D eigenvalue weighted by atomic mass is 16.6. The number of carboxylic acids is 1. The fourth-order valence-corrected chi connectivity index (χ4v) is 4.40. The number of hydrogen-bond donors (Lipinski definition) is 3. The molecule has 3 N–H and O–H groups in total. The predicted molar refractivity (Wildman–Crippen MR) is 106 cm³/mol. The molecule has 27 heavy (non-hydrogen) atoms. The lowest BCUT2D eigenvalue weighted by atomic mass is 9.81. The maximum absolute atomic E-state index is 11.8. The van der Waals surface area contributed by atoms with Crippen molar-refractivity contribution in [2.24, 2.45) is 17.8 Å². The molecule has 2 aliphatic carbocycles. The lowest BCUT2D eigenvalue weighted by Gasteiger charge is -2.32. The molecule has 0 spiro atoms. The molecule has 6 nitrogen and oxygen atoms in total. The van der Waals surface area contributed by atoms with E-state index in [0.29, 0.717) is 18.4 Å². The summed E-state index contributed by atoms with van der Waals surface area (Å²) in [5.41, 5.74) is -0.466. The third-order valence-corrected chi connectivity index (χ3v) is 5.91. The molecule has 0 aliphatic heterocycles. The summed E-state index contributed by atoms with van der Waals surface area (Å²) in [6.45, 7) is 7.04. The maximum atomic E-state index is 11.8. The first-order valence-corrected chi connectivity index (χ1v) is 10.7. The number of alkyl carbamates (subject to hydrolysis) is 1. The molecule has 2 rings (SSSR count). The Morgan fingerprint density at radius 2 is 1.52 bits per heavy atom. The van der Waals surface area contributed by atoms with Gasteiger partial charge in [0.15, 0.2) is 0 Å². The number of amides is 1. The molecule has 2 fully saturated rings. The van der Waals surface area contributed by atoms with Crippen molar-refractivity contribution in [2.75, 3.05) is 13.1 Å². The minimum atomic E-state index is -0.697. The van der Waals surface area contributed by atoms with Gasteiger partial charge < -0.3 is 20.5 Å². The summed E-state index contributed by atoms with van der Waals surface area (Å²) in [7, 11) is 0. The molecule has 2 saturated carbocycles. The van der Waals surface area contributed by atoms with Crippen LogP contribution in [0, 0.1) is 17.8 Å². The van der Waals surface area contributed by atoms with Crippen molar-refractivity contribution < 1.29 is 19.4 Å². The second-order valence-electron chi connectivity index (χ2n) is 9.39. The van der Waals surface area contributed by atoms with Crippen molar-refractivity contribution in [3.63, 3.8) is 0 Å². The highest BCUT2D eigenvalue weighted by Crippen LogP contribution is 2.30. The molecule has 0 saturated heterocycles. The normalized spacial score (nSPS) is 25.6. The first-order valence-electron chi connectivity index (χ1n) is 10.7. The fraction of sp³-hybridized carbons (Fsp3) is 0.905. The number of carbonyl (C=O) groups excluding carboxylic acids is 1. The smallest absolute Gasteiger partial charge is 0.407 e. The zero-order valence-electron chi connectivity index (χ0n) is 17.3. The first kappa shape index (κ1) is 22.0. The van der Waals surface area contributed by atoms with Crippen molar-refractivity contribution in [1.29, 1.82) is 0 Å². The van der Waals surface area contributed by atoms with Crippen molar-refractivity contribution >= 4 is 12.1 Å². The Morgan fingerprint density at radius 3 is 2.04 bits per heavy atom. The van der Waals surface area contributed by atoms with Crippen molar-refractivity contribution in [2.45, 2.75) is 90.2 Å². The number of ether oxygens (including phenoxy) is 1. The Kier molecular flexibility index (Phi) is 8.39. The number of carboxylic acid groups (broad SMARTS) is 1. The minimum absolute atomic E-state index is 0.283. The van der Waals surface area contributed by atoms with E-state index in [9.17, 15) is 14.7 Å². The second kappa shape index (κ2) is 10.3. The lowest BCUT2D eigenvalue weighted by molar-refractivity contribution is -0.141. The molecule has 0 radical (unpaired) electrons. The van der Waals surface area contributed by atoms with Gasteiger partial charge in [-0.1, -0.05) is 19.3 Å². The van der Waals surface area contributed by atoms with Crippen molar-refractivity contribution in [3.05, 3.63) is 0 Å². The van der Waals surface area contributed by atoms with Gasteiger partial charge in [-0.3, -0.25) is 4.79 Å².